The first-order valence-electron chi connectivity index (χ1n) is 7.10. The number of nitrogens with zero attached hydrogens (tertiary/aromatic N) is 2. The smallest absolute Gasteiger partial charge is 0.258 e. The van der Waals surface area contributed by atoms with E-state index in [-0.39, 0.29) is 11.9 Å². The lowest BCUT2D eigenvalue weighted by Gasteiger charge is -2.15. The van der Waals surface area contributed by atoms with Gasteiger partial charge in [0.15, 0.2) is 0 Å². The van der Waals surface area contributed by atoms with Crippen LogP contribution in [-0.4, -0.2) is 22.4 Å². The predicted molar refractivity (Wildman–Crippen MR) is 83.1 cm³/mol. The molecule has 2 N–H and O–H groups in total. The monoisotopic (exact) mass is 284 g/mol. The minimum Gasteiger partial charge on any atom is -0.322 e. The number of nitrogens with one attached hydrogen (secondary N) is 2. The zero-order chi connectivity index (χ0) is 15.1. The summed E-state index contributed by atoms with van der Waals surface area (Å²) >= 11 is 0. The largest absolute Gasteiger partial charge is 0.322 e. The third kappa shape index (κ3) is 4.36. The zero-order valence-corrected chi connectivity index (χ0v) is 12.3. The van der Waals surface area contributed by atoms with Gasteiger partial charge in [0.2, 0.25) is 0 Å². The van der Waals surface area contributed by atoms with Gasteiger partial charge in [0.25, 0.3) is 5.91 Å². The van der Waals surface area contributed by atoms with Crippen molar-refractivity contribution in [1.29, 1.82) is 0 Å². The number of anilines is 1. The zero-order valence-electron chi connectivity index (χ0n) is 12.3. The molecule has 110 valence electrons. The summed E-state index contributed by atoms with van der Waals surface area (Å²) in [6.45, 7) is 5.22. The number of carbonyl (C=O) groups excluding carboxylic acids is 1. The van der Waals surface area contributed by atoms with Crippen LogP contribution in [0, 0.1) is 0 Å². The van der Waals surface area contributed by atoms with E-state index in [4.69, 9.17) is 0 Å². The fourth-order valence-electron chi connectivity index (χ4n) is 1.98. The molecule has 0 spiro atoms. The quantitative estimate of drug-likeness (QED) is 0.856. The van der Waals surface area contributed by atoms with E-state index < -0.39 is 0 Å². The molecule has 0 aliphatic rings. The standard InChI is InChI=1S/C16H20N4O/c1-3-7-19-12(2)13-5-4-6-15(8-13)20-16(21)14-9-17-11-18-10-14/h4-6,8-12,19H,3,7H2,1-2H3,(H,20,21). The summed E-state index contributed by atoms with van der Waals surface area (Å²) < 4.78 is 0. The molecule has 5 nitrogen and oxygen atoms in total. The molecule has 0 saturated heterocycles. The minimum atomic E-state index is -0.207. The van der Waals surface area contributed by atoms with Gasteiger partial charge < -0.3 is 10.6 Å². The molecule has 1 amide bonds. The van der Waals surface area contributed by atoms with Gasteiger partial charge in [-0.05, 0) is 37.6 Å². The molecule has 0 saturated carbocycles. The molecular weight excluding hydrogens is 264 g/mol. The summed E-state index contributed by atoms with van der Waals surface area (Å²) in [5.74, 6) is -0.207. The highest BCUT2D eigenvalue weighted by Gasteiger charge is 2.08. The summed E-state index contributed by atoms with van der Waals surface area (Å²) in [5, 5.41) is 6.29. The SMILES string of the molecule is CCCNC(C)c1cccc(NC(=O)c2cncnc2)c1. The van der Waals surface area contributed by atoms with E-state index in [1.54, 1.807) is 0 Å². The van der Waals surface area contributed by atoms with Crippen molar-refractivity contribution in [1.82, 2.24) is 15.3 Å². The van der Waals surface area contributed by atoms with Crippen molar-refractivity contribution in [2.24, 2.45) is 0 Å². The minimum absolute atomic E-state index is 0.207. The highest BCUT2D eigenvalue weighted by molar-refractivity contribution is 6.03. The third-order valence-corrected chi connectivity index (χ3v) is 3.17. The fourth-order valence-corrected chi connectivity index (χ4v) is 1.98. The average Bonchev–Trinajstić information content (AvgIpc) is 2.53. The molecule has 1 unspecified atom stereocenters. The Hall–Kier alpha value is -2.27. The van der Waals surface area contributed by atoms with Crippen molar-refractivity contribution in [2.45, 2.75) is 26.3 Å². The van der Waals surface area contributed by atoms with Crippen LogP contribution in [0.25, 0.3) is 0 Å². The molecule has 0 radical (unpaired) electrons. The molecule has 0 fully saturated rings. The predicted octanol–water partition coefficient (Wildman–Crippen LogP) is 2.79. The van der Waals surface area contributed by atoms with Crippen LogP contribution < -0.4 is 10.6 Å². The Balaban J connectivity index is 2.06. The molecule has 1 heterocycles. The molecule has 2 rings (SSSR count). The topological polar surface area (TPSA) is 66.9 Å². The van der Waals surface area contributed by atoms with Gasteiger partial charge in [-0.25, -0.2) is 9.97 Å². The van der Waals surface area contributed by atoms with Gasteiger partial charge in [-0.2, -0.15) is 0 Å². The molecule has 21 heavy (non-hydrogen) atoms. The lowest BCUT2D eigenvalue weighted by molar-refractivity contribution is 0.102. The first-order chi connectivity index (χ1) is 10.2. The second-order valence-corrected chi connectivity index (χ2v) is 4.88. The van der Waals surface area contributed by atoms with Gasteiger partial charge in [0.1, 0.15) is 6.33 Å². The van der Waals surface area contributed by atoms with Gasteiger partial charge in [0, 0.05) is 24.1 Å². The van der Waals surface area contributed by atoms with Gasteiger partial charge in [-0.1, -0.05) is 19.1 Å². The van der Waals surface area contributed by atoms with Crippen molar-refractivity contribution in [3.63, 3.8) is 0 Å². The number of hydrogen-bond acceptors (Lipinski definition) is 4. The van der Waals surface area contributed by atoms with Gasteiger partial charge in [0.05, 0.1) is 5.56 Å². The Morgan fingerprint density at radius 3 is 2.76 bits per heavy atom. The molecule has 1 aromatic heterocycles. The van der Waals surface area contributed by atoms with Crippen LogP contribution in [-0.2, 0) is 0 Å². The van der Waals surface area contributed by atoms with E-state index >= 15 is 0 Å². The van der Waals surface area contributed by atoms with Gasteiger partial charge in [-0.3, -0.25) is 4.79 Å². The molecule has 2 aromatic rings. The van der Waals surface area contributed by atoms with E-state index in [0.29, 0.717) is 5.56 Å². The summed E-state index contributed by atoms with van der Waals surface area (Å²) in [6, 6.07) is 8.10. The lowest BCUT2D eigenvalue weighted by atomic mass is 10.1. The van der Waals surface area contributed by atoms with Crippen molar-refractivity contribution >= 4 is 11.6 Å². The van der Waals surface area contributed by atoms with E-state index in [2.05, 4.69) is 40.5 Å². The normalized spacial score (nSPS) is 11.9. The van der Waals surface area contributed by atoms with Crippen LogP contribution in [0.2, 0.25) is 0 Å². The van der Waals surface area contributed by atoms with Crippen LogP contribution in [0.1, 0.15) is 42.2 Å². The van der Waals surface area contributed by atoms with Crippen LogP contribution in [0.4, 0.5) is 5.69 Å². The van der Waals surface area contributed by atoms with Crippen molar-refractivity contribution in [2.75, 3.05) is 11.9 Å². The number of carbonyl (C=O) groups is 1. The van der Waals surface area contributed by atoms with E-state index in [0.717, 1.165) is 24.2 Å². The van der Waals surface area contributed by atoms with Crippen LogP contribution in [0.15, 0.2) is 43.0 Å². The molecule has 0 bridgehead atoms. The first kappa shape index (κ1) is 15.1. The molecule has 5 heteroatoms. The molecule has 1 aromatic carbocycles. The maximum absolute atomic E-state index is 12.1. The summed E-state index contributed by atoms with van der Waals surface area (Å²) in [4.78, 5) is 19.8. The Bertz CT molecular complexity index is 586. The van der Waals surface area contributed by atoms with Gasteiger partial charge in [-0.15, -0.1) is 0 Å². The average molecular weight is 284 g/mol. The van der Waals surface area contributed by atoms with Crippen LogP contribution in [0.3, 0.4) is 0 Å². The highest BCUT2D eigenvalue weighted by atomic mass is 16.1. The van der Waals surface area contributed by atoms with Crippen LogP contribution >= 0.6 is 0 Å². The first-order valence-corrected chi connectivity index (χ1v) is 7.10. The fraction of sp³-hybridized carbons (Fsp3) is 0.312. The Morgan fingerprint density at radius 2 is 2.05 bits per heavy atom. The molecule has 0 aliphatic carbocycles. The Kier molecular flexibility index (Phi) is 5.40. The number of amides is 1. The molecular formula is C16H20N4O. The van der Waals surface area contributed by atoms with Crippen LogP contribution in [0.5, 0.6) is 0 Å². The molecule has 1 atom stereocenters. The van der Waals surface area contributed by atoms with Gasteiger partial charge >= 0.3 is 0 Å². The number of hydrogen-bond donors (Lipinski definition) is 2. The van der Waals surface area contributed by atoms with E-state index in [1.807, 2.05) is 18.2 Å². The summed E-state index contributed by atoms with van der Waals surface area (Å²) in [6.07, 6.45) is 5.49. The number of benzene rings is 1. The summed E-state index contributed by atoms with van der Waals surface area (Å²) in [7, 11) is 0. The highest BCUT2D eigenvalue weighted by Crippen LogP contribution is 2.18. The maximum Gasteiger partial charge on any atom is 0.258 e. The molecule has 0 aliphatic heterocycles. The Labute approximate surface area is 124 Å². The number of rotatable bonds is 6. The van der Waals surface area contributed by atoms with Crippen molar-refractivity contribution in [3.05, 3.63) is 54.1 Å². The maximum atomic E-state index is 12.1. The third-order valence-electron chi connectivity index (χ3n) is 3.17. The van der Waals surface area contributed by atoms with Crippen molar-refractivity contribution < 1.29 is 4.79 Å². The number of aromatic nitrogens is 2. The second-order valence-electron chi connectivity index (χ2n) is 4.88. The second kappa shape index (κ2) is 7.50. The van der Waals surface area contributed by atoms with Crippen molar-refractivity contribution in [3.8, 4) is 0 Å². The summed E-state index contributed by atoms with van der Waals surface area (Å²) in [5.41, 5.74) is 2.36. The Morgan fingerprint density at radius 1 is 1.29 bits per heavy atom. The van der Waals surface area contributed by atoms with E-state index in [1.165, 1.54) is 18.7 Å². The lowest BCUT2D eigenvalue weighted by Crippen LogP contribution is -2.19. The van der Waals surface area contributed by atoms with E-state index in [9.17, 15) is 4.79 Å².